The van der Waals surface area contributed by atoms with Gasteiger partial charge in [0.25, 0.3) is 0 Å². The highest BCUT2D eigenvalue weighted by molar-refractivity contribution is 7.99. The molecular weight excluding hydrogens is 324 g/mol. The third kappa shape index (κ3) is 5.88. The van der Waals surface area contributed by atoms with Gasteiger partial charge < -0.3 is 15.6 Å². The number of rotatable bonds is 9. The van der Waals surface area contributed by atoms with E-state index in [2.05, 4.69) is 20.6 Å². The quantitative estimate of drug-likeness (QED) is 0.648. The van der Waals surface area contributed by atoms with Crippen molar-refractivity contribution in [2.75, 3.05) is 12.3 Å². The first-order valence-corrected chi connectivity index (χ1v) is 9.31. The van der Waals surface area contributed by atoms with E-state index in [4.69, 9.17) is 0 Å². The van der Waals surface area contributed by atoms with E-state index in [0.29, 0.717) is 24.5 Å². The highest BCUT2D eigenvalue weighted by Crippen LogP contribution is 2.14. The molecule has 2 aromatic rings. The van der Waals surface area contributed by atoms with E-state index < -0.39 is 0 Å². The van der Waals surface area contributed by atoms with Crippen LogP contribution in [0.15, 0.2) is 24.3 Å². The van der Waals surface area contributed by atoms with Gasteiger partial charge in [0, 0.05) is 19.0 Å². The Hall–Kier alpha value is -2.02. The van der Waals surface area contributed by atoms with Gasteiger partial charge in [-0.05, 0) is 25.5 Å². The molecule has 2 amide bonds. The number of hydrogen-bond acceptors (Lipinski definition) is 4. The molecule has 7 heteroatoms. The smallest absolute Gasteiger partial charge is 0.230 e. The lowest BCUT2D eigenvalue weighted by atomic mass is 10.2. The molecule has 24 heavy (non-hydrogen) atoms. The van der Waals surface area contributed by atoms with Crippen molar-refractivity contribution in [2.45, 2.75) is 38.5 Å². The van der Waals surface area contributed by atoms with Crippen molar-refractivity contribution in [1.82, 2.24) is 20.6 Å². The summed E-state index contributed by atoms with van der Waals surface area (Å²) in [5.74, 6) is 1.77. The first-order chi connectivity index (χ1) is 11.6. The van der Waals surface area contributed by atoms with Gasteiger partial charge in [-0.2, -0.15) is 0 Å². The maximum absolute atomic E-state index is 11.8. The molecule has 1 aromatic carbocycles. The number of thioether (sulfide) groups is 1. The summed E-state index contributed by atoms with van der Waals surface area (Å²) in [6.07, 6.45) is 1.21. The number of nitrogens with one attached hydrogen (secondary N) is 3. The molecule has 3 N–H and O–H groups in total. The summed E-state index contributed by atoms with van der Waals surface area (Å²) in [5.41, 5.74) is 1.94. The highest BCUT2D eigenvalue weighted by atomic mass is 32.2. The number of nitrogens with zero attached hydrogens (tertiary/aromatic N) is 1. The number of carbonyl (C=O) groups is 2. The fraction of sp³-hybridized carbons (Fsp3) is 0.471. The Balaban J connectivity index is 1.62. The van der Waals surface area contributed by atoms with Crippen LogP contribution in [-0.4, -0.2) is 40.1 Å². The van der Waals surface area contributed by atoms with Gasteiger partial charge in [0.1, 0.15) is 5.82 Å². The Morgan fingerprint density at radius 1 is 1.29 bits per heavy atom. The fourth-order valence-electron chi connectivity index (χ4n) is 2.13. The minimum atomic E-state index is -0.0625. The van der Waals surface area contributed by atoms with E-state index in [0.717, 1.165) is 23.3 Å². The van der Waals surface area contributed by atoms with Crippen molar-refractivity contribution in [3.05, 3.63) is 30.1 Å². The van der Waals surface area contributed by atoms with Crippen LogP contribution >= 0.6 is 11.8 Å². The third-order valence-electron chi connectivity index (χ3n) is 3.60. The summed E-state index contributed by atoms with van der Waals surface area (Å²) in [6.45, 7) is 4.35. The van der Waals surface area contributed by atoms with Crippen LogP contribution < -0.4 is 10.6 Å². The Morgan fingerprint density at radius 2 is 2.08 bits per heavy atom. The van der Waals surface area contributed by atoms with Crippen molar-refractivity contribution >= 4 is 34.6 Å². The lowest BCUT2D eigenvalue weighted by molar-refractivity contribution is -0.122. The second-order valence-electron chi connectivity index (χ2n) is 5.67. The topological polar surface area (TPSA) is 86.9 Å². The van der Waals surface area contributed by atoms with E-state index >= 15 is 0 Å². The van der Waals surface area contributed by atoms with Crippen LogP contribution in [0, 0.1) is 0 Å². The Kier molecular flexibility index (Phi) is 7.11. The SMILES string of the molecule is CCC(C)NC(=O)CCNC(=O)CSCc1nc2ccccc2[nH]1. The van der Waals surface area contributed by atoms with Gasteiger partial charge in [0.15, 0.2) is 0 Å². The lowest BCUT2D eigenvalue weighted by Gasteiger charge is -2.11. The number of amides is 2. The van der Waals surface area contributed by atoms with Crippen LogP contribution in [0.3, 0.4) is 0 Å². The largest absolute Gasteiger partial charge is 0.355 e. The van der Waals surface area contributed by atoms with Crippen LogP contribution in [-0.2, 0) is 15.3 Å². The summed E-state index contributed by atoms with van der Waals surface area (Å²) >= 11 is 1.50. The molecule has 1 unspecified atom stereocenters. The molecule has 6 nitrogen and oxygen atoms in total. The monoisotopic (exact) mass is 348 g/mol. The van der Waals surface area contributed by atoms with Crippen molar-refractivity contribution in [1.29, 1.82) is 0 Å². The van der Waals surface area contributed by atoms with Gasteiger partial charge in [0.2, 0.25) is 11.8 Å². The second-order valence-corrected chi connectivity index (χ2v) is 6.66. The molecular formula is C17H24N4O2S. The molecule has 0 radical (unpaired) electrons. The fourth-order valence-corrected chi connectivity index (χ4v) is 2.85. The standard InChI is InChI=1S/C17H24N4O2S/c1-3-12(2)19-16(22)8-9-18-17(23)11-24-10-15-20-13-6-4-5-7-14(13)21-15/h4-7,12H,3,8-11H2,1-2H3,(H,18,23)(H,19,22)(H,20,21). The zero-order valence-electron chi connectivity index (χ0n) is 14.1. The summed E-state index contributed by atoms with van der Waals surface area (Å²) in [5, 5.41) is 5.64. The van der Waals surface area contributed by atoms with Gasteiger partial charge >= 0.3 is 0 Å². The maximum Gasteiger partial charge on any atom is 0.230 e. The molecule has 0 spiro atoms. The molecule has 0 saturated heterocycles. The average Bonchev–Trinajstić information content (AvgIpc) is 2.97. The Labute approximate surface area is 146 Å². The molecule has 0 aliphatic rings. The van der Waals surface area contributed by atoms with Crippen molar-refractivity contribution in [2.24, 2.45) is 0 Å². The minimum Gasteiger partial charge on any atom is -0.355 e. The molecule has 0 fully saturated rings. The molecule has 0 saturated carbocycles. The number of aromatic nitrogens is 2. The van der Waals surface area contributed by atoms with Crippen LogP contribution in [0.1, 0.15) is 32.5 Å². The van der Waals surface area contributed by atoms with Crippen molar-refractivity contribution < 1.29 is 9.59 Å². The van der Waals surface area contributed by atoms with E-state index in [1.807, 2.05) is 38.1 Å². The second kappa shape index (κ2) is 9.32. The Morgan fingerprint density at radius 3 is 2.83 bits per heavy atom. The highest BCUT2D eigenvalue weighted by Gasteiger charge is 2.08. The molecule has 130 valence electrons. The maximum atomic E-state index is 11.8. The van der Waals surface area contributed by atoms with Crippen LogP contribution in [0.5, 0.6) is 0 Å². The molecule has 0 aliphatic carbocycles. The van der Waals surface area contributed by atoms with E-state index in [-0.39, 0.29) is 17.9 Å². The van der Waals surface area contributed by atoms with Crippen LogP contribution in [0.25, 0.3) is 11.0 Å². The zero-order valence-corrected chi connectivity index (χ0v) is 14.9. The number of fused-ring (bicyclic) bond motifs is 1. The number of aromatic amines is 1. The van der Waals surface area contributed by atoms with Gasteiger partial charge in [-0.25, -0.2) is 4.98 Å². The number of benzene rings is 1. The normalized spacial score (nSPS) is 12.1. The van der Waals surface area contributed by atoms with Crippen molar-refractivity contribution in [3.63, 3.8) is 0 Å². The average molecular weight is 348 g/mol. The first kappa shape index (κ1) is 18.3. The Bertz CT molecular complexity index is 653. The molecule has 1 heterocycles. The summed E-state index contributed by atoms with van der Waals surface area (Å²) in [6, 6.07) is 8.02. The zero-order chi connectivity index (χ0) is 17.4. The van der Waals surface area contributed by atoms with E-state index in [9.17, 15) is 9.59 Å². The predicted octanol–water partition coefficient (Wildman–Crippen LogP) is 2.22. The predicted molar refractivity (Wildman–Crippen MR) is 97.8 cm³/mol. The number of H-pyrrole nitrogens is 1. The number of para-hydroxylation sites is 2. The van der Waals surface area contributed by atoms with Crippen LogP contribution in [0.2, 0.25) is 0 Å². The molecule has 1 atom stereocenters. The van der Waals surface area contributed by atoms with Gasteiger partial charge in [-0.3, -0.25) is 9.59 Å². The summed E-state index contributed by atoms with van der Waals surface area (Å²) in [7, 11) is 0. The summed E-state index contributed by atoms with van der Waals surface area (Å²) in [4.78, 5) is 31.1. The summed E-state index contributed by atoms with van der Waals surface area (Å²) < 4.78 is 0. The lowest BCUT2D eigenvalue weighted by Crippen LogP contribution is -2.35. The molecule has 1 aromatic heterocycles. The minimum absolute atomic E-state index is 0.0282. The van der Waals surface area contributed by atoms with Gasteiger partial charge in [0.05, 0.1) is 22.5 Å². The number of carbonyl (C=O) groups excluding carboxylic acids is 2. The van der Waals surface area contributed by atoms with Gasteiger partial charge in [-0.1, -0.05) is 19.1 Å². The third-order valence-corrected chi connectivity index (χ3v) is 4.55. The van der Waals surface area contributed by atoms with Crippen molar-refractivity contribution in [3.8, 4) is 0 Å². The van der Waals surface area contributed by atoms with Gasteiger partial charge in [-0.15, -0.1) is 11.8 Å². The van der Waals surface area contributed by atoms with E-state index in [1.165, 1.54) is 11.8 Å². The number of imidazole rings is 1. The molecule has 0 bridgehead atoms. The molecule has 2 rings (SSSR count). The molecule has 0 aliphatic heterocycles. The van der Waals surface area contributed by atoms with E-state index in [1.54, 1.807) is 0 Å². The first-order valence-electron chi connectivity index (χ1n) is 8.16. The number of hydrogen-bond donors (Lipinski definition) is 3. The van der Waals surface area contributed by atoms with Crippen LogP contribution in [0.4, 0.5) is 0 Å².